The summed E-state index contributed by atoms with van der Waals surface area (Å²) in [4.78, 5) is 0. The van der Waals surface area contributed by atoms with E-state index in [1.807, 2.05) is 0 Å². The summed E-state index contributed by atoms with van der Waals surface area (Å²) in [6, 6.07) is 0.707. The lowest BCUT2D eigenvalue weighted by atomic mass is 10.1. The summed E-state index contributed by atoms with van der Waals surface area (Å²) in [6.45, 7) is 7.39. The summed E-state index contributed by atoms with van der Waals surface area (Å²) in [5.74, 6) is 0.933. The van der Waals surface area contributed by atoms with Crippen LogP contribution in [-0.2, 0) is 6.54 Å². The number of H-pyrrole nitrogens is 1. The highest BCUT2D eigenvalue weighted by molar-refractivity contribution is 5.22. The van der Waals surface area contributed by atoms with Crippen LogP contribution in [0.2, 0.25) is 0 Å². The van der Waals surface area contributed by atoms with E-state index in [4.69, 9.17) is 0 Å². The van der Waals surface area contributed by atoms with E-state index in [2.05, 4.69) is 36.3 Å². The maximum absolute atomic E-state index is 4.22. The molecule has 15 heavy (non-hydrogen) atoms. The Balaban J connectivity index is 1.91. The van der Waals surface area contributed by atoms with E-state index in [1.54, 1.807) is 0 Å². The molecule has 3 nitrogen and oxygen atoms in total. The van der Waals surface area contributed by atoms with E-state index in [0.29, 0.717) is 6.04 Å². The van der Waals surface area contributed by atoms with Gasteiger partial charge in [0, 0.05) is 23.8 Å². The van der Waals surface area contributed by atoms with E-state index >= 15 is 0 Å². The number of hydrogen-bond donors (Lipinski definition) is 2. The Hall–Kier alpha value is -0.830. The van der Waals surface area contributed by atoms with Gasteiger partial charge in [0.05, 0.1) is 5.69 Å². The highest BCUT2D eigenvalue weighted by atomic mass is 15.1. The second-order valence-electron chi connectivity index (χ2n) is 4.65. The van der Waals surface area contributed by atoms with Gasteiger partial charge in [0.1, 0.15) is 0 Å². The molecule has 0 radical (unpaired) electrons. The number of aromatic nitrogens is 2. The van der Waals surface area contributed by atoms with Gasteiger partial charge in [-0.25, -0.2) is 0 Å². The highest BCUT2D eigenvalue weighted by Gasteiger charge is 2.29. The minimum absolute atomic E-state index is 0.707. The molecule has 1 atom stereocenters. The lowest BCUT2D eigenvalue weighted by Crippen LogP contribution is -2.30. The van der Waals surface area contributed by atoms with Crippen LogP contribution in [0, 0.1) is 19.8 Å². The van der Waals surface area contributed by atoms with Crippen molar-refractivity contribution in [2.75, 3.05) is 0 Å². The van der Waals surface area contributed by atoms with Crippen molar-refractivity contribution in [1.82, 2.24) is 15.5 Å². The fourth-order valence-corrected chi connectivity index (χ4v) is 2.21. The number of nitrogens with one attached hydrogen (secondary N) is 2. The maximum Gasteiger partial charge on any atom is 0.0638 e. The van der Waals surface area contributed by atoms with Crippen LogP contribution in [0.15, 0.2) is 0 Å². The fraction of sp³-hybridized carbons (Fsp3) is 0.750. The molecule has 0 aromatic carbocycles. The van der Waals surface area contributed by atoms with Crippen LogP contribution in [0.3, 0.4) is 0 Å². The second kappa shape index (κ2) is 4.35. The zero-order valence-corrected chi connectivity index (χ0v) is 9.93. The lowest BCUT2D eigenvalue weighted by Gasteiger charge is -2.16. The summed E-state index contributed by atoms with van der Waals surface area (Å²) < 4.78 is 0. The van der Waals surface area contributed by atoms with Crippen molar-refractivity contribution >= 4 is 0 Å². The van der Waals surface area contributed by atoms with Crippen LogP contribution >= 0.6 is 0 Å². The van der Waals surface area contributed by atoms with Gasteiger partial charge in [0.15, 0.2) is 0 Å². The molecule has 2 N–H and O–H groups in total. The molecular formula is C12H21N3. The van der Waals surface area contributed by atoms with E-state index in [0.717, 1.165) is 18.2 Å². The largest absolute Gasteiger partial charge is 0.310 e. The summed E-state index contributed by atoms with van der Waals surface area (Å²) in [5.41, 5.74) is 3.67. The molecular weight excluding hydrogens is 186 g/mol. The topological polar surface area (TPSA) is 40.7 Å². The molecule has 0 spiro atoms. The third-order valence-electron chi connectivity index (χ3n) is 3.45. The number of aromatic amines is 1. The Kier molecular flexibility index (Phi) is 3.10. The molecule has 1 saturated carbocycles. The Morgan fingerprint density at radius 2 is 2.20 bits per heavy atom. The van der Waals surface area contributed by atoms with Crippen LogP contribution < -0.4 is 5.32 Å². The Morgan fingerprint density at radius 1 is 1.47 bits per heavy atom. The van der Waals surface area contributed by atoms with Gasteiger partial charge >= 0.3 is 0 Å². The van der Waals surface area contributed by atoms with Crippen LogP contribution in [0.25, 0.3) is 0 Å². The highest BCUT2D eigenvalue weighted by Crippen LogP contribution is 2.34. The van der Waals surface area contributed by atoms with Gasteiger partial charge in [0.25, 0.3) is 0 Å². The number of nitrogens with zero attached hydrogens (tertiary/aromatic N) is 1. The molecule has 0 aliphatic heterocycles. The summed E-state index contributed by atoms with van der Waals surface area (Å²) in [6.07, 6.45) is 4.06. The molecule has 1 heterocycles. The van der Waals surface area contributed by atoms with Gasteiger partial charge in [-0.1, -0.05) is 6.92 Å². The number of rotatable bonds is 5. The van der Waals surface area contributed by atoms with E-state index < -0.39 is 0 Å². The quantitative estimate of drug-likeness (QED) is 0.778. The van der Waals surface area contributed by atoms with Crippen LogP contribution in [0.5, 0.6) is 0 Å². The third-order valence-corrected chi connectivity index (χ3v) is 3.45. The molecule has 2 rings (SSSR count). The summed E-state index contributed by atoms with van der Waals surface area (Å²) >= 11 is 0. The average molecular weight is 207 g/mol. The molecule has 1 aliphatic rings. The monoisotopic (exact) mass is 207 g/mol. The fourth-order valence-electron chi connectivity index (χ4n) is 2.21. The molecule has 1 aliphatic carbocycles. The molecule has 1 unspecified atom stereocenters. The smallest absolute Gasteiger partial charge is 0.0638 e. The average Bonchev–Trinajstić information content (AvgIpc) is 3.00. The van der Waals surface area contributed by atoms with Gasteiger partial charge in [-0.15, -0.1) is 0 Å². The molecule has 84 valence electrons. The van der Waals surface area contributed by atoms with Gasteiger partial charge in [-0.05, 0) is 39.0 Å². The first kappa shape index (κ1) is 10.7. The predicted octanol–water partition coefficient (Wildman–Crippen LogP) is 2.30. The zero-order valence-electron chi connectivity index (χ0n) is 9.93. The van der Waals surface area contributed by atoms with Gasteiger partial charge in [-0.3, -0.25) is 5.10 Å². The zero-order chi connectivity index (χ0) is 10.8. The molecule has 1 aromatic rings. The first-order valence-electron chi connectivity index (χ1n) is 5.96. The van der Waals surface area contributed by atoms with Crippen molar-refractivity contribution in [3.8, 4) is 0 Å². The van der Waals surface area contributed by atoms with Crippen LogP contribution in [-0.4, -0.2) is 16.2 Å². The van der Waals surface area contributed by atoms with Crippen LogP contribution in [0.4, 0.5) is 0 Å². The number of hydrogen-bond acceptors (Lipinski definition) is 2. The molecule has 0 bridgehead atoms. The van der Waals surface area contributed by atoms with E-state index in [1.165, 1.54) is 30.5 Å². The van der Waals surface area contributed by atoms with Crippen molar-refractivity contribution in [2.45, 2.75) is 52.6 Å². The van der Waals surface area contributed by atoms with E-state index in [-0.39, 0.29) is 0 Å². The van der Waals surface area contributed by atoms with Crippen molar-refractivity contribution in [1.29, 1.82) is 0 Å². The SMILES string of the molecule is CCC(NCc1c(C)n[nH]c1C)C1CC1. The van der Waals surface area contributed by atoms with Crippen molar-refractivity contribution in [2.24, 2.45) is 5.92 Å². The summed E-state index contributed by atoms with van der Waals surface area (Å²) in [5, 5.41) is 10.9. The van der Waals surface area contributed by atoms with Crippen molar-refractivity contribution < 1.29 is 0 Å². The third kappa shape index (κ3) is 2.40. The molecule has 1 fully saturated rings. The van der Waals surface area contributed by atoms with Gasteiger partial charge in [-0.2, -0.15) is 5.10 Å². The molecule has 0 amide bonds. The maximum atomic E-state index is 4.22. The second-order valence-corrected chi connectivity index (χ2v) is 4.65. The van der Waals surface area contributed by atoms with Gasteiger partial charge in [0.2, 0.25) is 0 Å². The van der Waals surface area contributed by atoms with Gasteiger partial charge < -0.3 is 5.32 Å². The lowest BCUT2D eigenvalue weighted by molar-refractivity contribution is 0.448. The first-order chi connectivity index (χ1) is 7.22. The van der Waals surface area contributed by atoms with Crippen molar-refractivity contribution in [3.63, 3.8) is 0 Å². The summed E-state index contributed by atoms with van der Waals surface area (Å²) in [7, 11) is 0. The predicted molar refractivity (Wildman–Crippen MR) is 61.7 cm³/mol. The van der Waals surface area contributed by atoms with E-state index in [9.17, 15) is 0 Å². The Bertz CT molecular complexity index is 306. The molecule has 1 aromatic heterocycles. The normalized spacial score (nSPS) is 18.1. The Morgan fingerprint density at radius 3 is 2.67 bits per heavy atom. The number of aryl methyl sites for hydroxylation is 2. The minimum Gasteiger partial charge on any atom is -0.310 e. The minimum atomic E-state index is 0.707. The molecule has 0 saturated heterocycles. The first-order valence-corrected chi connectivity index (χ1v) is 5.96. The Labute approximate surface area is 91.7 Å². The van der Waals surface area contributed by atoms with Crippen molar-refractivity contribution in [3.05, 3.63) is 17.0 Å². The standard InChI is InChI=1S/C12H21N3/c1-4-12(10-5-6-10)13-7-11-8(2)14-15-9(11)3/h10,12-13H,4-7H2,1-3H3,(H,14,15). The molecule has 3 heteroatoms. The van der Waals surface area contributed by atoms with Crippen LogP contribution in [0.1, 0.15) is 43.1 Å².